The molecule has 0 fully saturated rings. The SMILES string of the molecule is CCOC(=O)C(C)(C)Oc1ccc(OC(Cc2ccccc2)c2sc(-c3ccc(C(F)(F)F)cc3)nc2C)cc1OC. The number of esters is 1. The van der Waals surface area contributed by atoms with Crippen LogP contribution >= 0.6 is 11.3 Å². The lowest BCUT2D eigenvalue weighted by Gasteiger charge is -2.25. The van der Waals surface area contributed by atoms with Crippen LogP contribution in [0.2, 0.25) is 0 Å². The Labute approximate surface area is 247 Å². The molecule has 1 heterocycles. The molecule has 0 saturated heterocycles. The minimum atomic E-state index is -4.41. The van der Waals surface area contributed by atoms with Crippen molar-refractivity contribution in [2.45, 2.75) is 52.0 Å². The summed E-state index contributed by atoms with van der Waals surface area (Å²) in [5.74, 6) is 0.716. The number of rotatable bonds is 11. The molecule has 4 rings (SSSR count). The van der Waals surface area contributed by atoms with E-state index in [2.05, 4.69) is 4.98 Å². The number of aromatic nitrogens is 1. The fourth-order valence-electron chi connectivity index (χ4n) is 4.24. The molecule has 0 N–H and O–H groups in total. The third kappa shape index (κ3) is 7.42. The van der Waals surface area contributed by atoms with Crippen molar-refractivity contribution in [1.82, 2.24) is 4.98 Å². The van der Waals surface area contributed by atoms with Crippen molar-refractivity contribution in [3.05, 3.63) is 94.5 Å². The smallest absolute Gasteiger partial charge is 0.416 e. The molecule has 1 atom stereocenters. The van der Waals surface area contributed by atoms with Crippen molar-refractivity contribution in [2.24, 2.45) is 0 Å². The average Bonchev–Trinajstić information content (AvgIpc) is 3.35. The minimum absolute atomic E-state index is 0.232. The summed E-state index contributed by atoms with van der Waals surface area (Å²) in [7, 11) is 1.49. The predicted octanol–water partition coefficient (Wildman–Crippen LogP) is 8.23. The van der Waals surface area contributed by atoms with E-state index in [1.54, 1.807) is 39.0 Å². The van der Waals surface area contributed by atoms with Crippen LogP contribution < -0.4 is 14.2 Å². The summed E-state index contributed by atoms with van der Waals surface area (Å²) in [4.78, 5) is 17.9. The molecule has 4 aromatic rings. The summed E-state index contributed by atoms with van der Waals surface area (Å²) in [6.07, 6.45) is -4.35. The molecule has 42 heavy (non-hydrogen) atoms. The molecule has 0 aliphatic carbocycles. The van der Waals surface area contributed by atoms with Gasteiger partial charge in [0.1, 0.15) is 16.9 Å². The van der Waals surface area contributed by atoms with Gasteiger partial charge in [0, 0.05) is 18.1 Å². The summed E-state index contributed by atoms with van der Waals surface area (Å²) < 4.78 is 62.3. The number of hydrogen-bond acceptors (Lipinski definition) is 7. The summed E-state index contributed by atoms with van der Waals surface area (Å²) in [6, 6.07) is 19.9. The molecule has 0 radical (unpaired) electrons. The lowest BCUT2D eigenvalue weighted by molar-refractivity contribution is -0.158. The van der Waals surface area contributed by atoms with Crippen LogP contribution in [0.5, 0.6) is 17.2 Å². The number of methoxy groups -OCH3 is 1. The monoisotopic (exact) mass is 599 g/mol. The van der Waals surface area contributed by atoms with E-state index >= 15 is 0 Å². The number of hydrogen-bond donors (Lipinski definition) is 0. The zero-order valence-electron chi connectivity index (χ0n) is 24.0. The van der Waals surface area contributed by atoms with Gasteiger partial charge in [0.25, 0.3) is 0 Å². The van der Waals surface area contributed by atoms with E-state index in [1.165, 1.54) is 30.6 Å². The van der Waals surface area contributed by atoms with E-state index in [-0.39, 0.29) is 6.61 Å². The van der Waals surface area contributed by atoms with Gasteiger partial charge in [-0.1, -0.05) is 42.5 Å². The van der Waals surface area contributed by atoms with E-state index in [0.29, 0.717) is 34.2 Å². The third-order valence-electron chi connectivity index (χ3n) is 6.39. The van der Waals surface area contributed by atoms with Crippen LogP contribution in [0.25, 0.3) is 10.6 Å². The maximum Gasteiger partial charge on any atom is 0.416 e. The van der Waals surface area contributed by atoms with E-state index < -0.39 is 29.4 Å². The Balaban J connectivity index is 1.64. The summed E-state index contributed by atoms with van der Waals surface area (Å²) in [5.41, 5.74) is 0.398. The summed E-state index contributed by atoms with van der Waals surface area (Å²) in [5, 5.41) is 0.598. The van der Waals surface area contributed by atoms with Crippen molar-refractivity contribution in [1.29, 1.82) is 0 Å². The molecule has 0 bridgehead atoms. The highest BCUT2D eigenvalue weighted by atomic mass is 32.1. The molecule has 0 amide bonds. The van der Waals surface area contributed by atoms with Crippen LogP contribution in [0.3, 0.4) is 0 Å². The molecular weight excluding hydrogens is 567 g/mol. The number of ether oxygens (including phenoxy) is 4. The molecule has 0 saturated carbocycles. The first-order valence-corrected chi connectivity index (χ1v) is 14.1. The van der Waals surface area contributed by atoms with Gasteiger partial charge in [0.15, 0.2) is 17.1 Å². The van der Waals surface area contributed by atoms with Crippen molar-refractivity contribution in [3.8, 4) is 27.8 Å². The number of carbonyl (C=O) groups is 1. The van der Waals surface area contributed by atoms with Crippen LogP contribution in [-0.2, 0) is 22.1 Å². The first-order valence-electron chi connectivity index (χ1n) is 13.3. The molecule has 3 aromatic carbocycles. The third-order valence-corrected chi connectivity index (χ3v) is 7.69. The molecule has 1 aromatic heterocycles. The number of nitrogens with zero attached hydrogens (tertiary/aromatic N) is 1. The second kappa shape index (κ2) is 12.9. The van der Waals surface area contributed by atoms with E-state index in [9.17, 15) is 18.0 Å². The summed E-state index contributed by atoms with van der Waals surface area (Å²) >= 11 is 1.38. The Bertz CT molecular complexity index is 1500. The quantitative estimate of drug-likeness (QED) is 0.162. The normalized spacial score (nSPS) is 12.5. The second-order valence-electron chi connectivity index (χ2n) is 9.99. The van der Waals surface area contributed by atoms with Crippen molar-refractivity contribution < 1.29 is 36.9 Å². The fourth-order valence-corrected chi connectivity index (χ4v) is 5.34. The number of alkyl halides is 3. The Hall–Kier alpha value is -4.05. The summed E-state index contributed by atoms with van der Waals surface area (Å²) in [6.45, 7) is 7.05. The van der Waals surface area contributed by atoms with Gasteiger partial charge in [0.05, 0.1) is 29.9 Å². The highest BCUT2D eigenvalue weighted by Crippen LogP contribution is 2.40. The fraction of sp³-hybridized carbons (Fsp3) is 0.312. The standard InChI is InChI=1S/C32H32F3NO5S/c1-6-39-30(37)31(3,4)41-25-17-16-24(19-26(25)38-5)40-27(18-21-10-8-7-9-11-21)28-20(2)36-29(42-28)22-12-14-23(15-13-22)32(33,34)35/h7-17,19,27H,6,18H2,1-5H3. The molecule has 0 aliphatic rings. The molecule has 6 nitrogen and oxygen atoms in total. The predicted molar refractivity (Wildman–Crippen MR) is 155 cm³/mol. The largest absolute Gasteiger partial charge is 0.493 e. The average molecular weight is 600 g/mol. The van der Waals surface area contributed by atoms with Gasteiger partial charge in [0.2, 0.25) is 0 Å². The first-order chi connectivity index (χ1) is 19.9. The maximum atomic E-state index is 13.1. The van der Waals surface area contributed by atoms with Crippen LogP contribution in [0.15, 0.2) is 72.8 Å². The van der Waals surface area contributed by atoms with Gasteiger partial charge in [-0.3, -0.25) is 0 Å². The Kier molecular flexibility index (Phi) is 9.46. The van der Waals surface area contributed by atoms with Crippen molar-refractivity contribution in [2.75, 3.05) is 13.7 Å². The van der Waals surface area contributed by atoms with Crippen LogP contribution in [-0.4, -0.2) is 30.3 Å². The molecule has 0 spiro atoms. The number of aryl methyl sites for hydroxylation is 1. The van der Waals surface area contributed by atoms with Gasteiger partial charge in [-0.05, 0) is 57.5 Å². The van der Waals surface area contributed by atoms with Gasteiger partial charge in [-0.25, -0.2) is 9.78 Å². The van der Waals surface area contributed by atoms with E-state index in [1.807, 2.05) is 37.3 Å². The number of halogens is 3. The van der Waals surface area contributed by atoms with Crippen LogP contribution in [0.4, 0.5) is 13.2 Å². The molecule has 10 heteroatoms. The van der Waals surface area contributed by atoms with Crippen molar-refractivity contribution in [3.63, 3.8) is 0 Å². The number of thiazole rings is 1. The van der Waals surface area contributed by atoms with E-state index in [0.717, 1.165) is 28.3 Å². The zero-order chi connectivity index (χ0) is 30.5. The van der Waals surface area contributed by atoms with Crippen LogP contribution in [0, 0.1) is 6.92 Å². The topological polar surface area (TPSA) is 66.9 Å². The van der Waals surface area contributed by atoms with Crippen molar-refractivity contribution >= 4 is 17.3 Å². The maximum absolute atomic E-state index is 13.1. The highest BCUT2D eigenvalue weighted by molar-refractivity contribution is 7.15. The Morgan fingerprint density at radius 2 is 1.67 bits per heavy atom. The lowest BCUT2D eigenvalue weighted by atomic mass is 10.1. The Morgan fingerprint density at radius 1 is 0.976 bits per heavy atom. The molecule has 222 valence electrons. The van der Waals surface area contributed by atoms with Gasteiger partial charge in [-0.2, -0.15) is 13.2 Å². The molecular formula is C32H32F3NO5S. The van der Waals surface area contributed by atoms with Crippen LogP contribution in [0.1, 0.15) is 48.6 Å². The molecule has 0 aliphatic heterocycles. The lowest BCUT2D eigenvalue weighted by Crippen LogP contribution is -2.39. The van der Waals surface area contributed by atoms with Gasteiger partial charge < -0.3 is 18.9 Å². The second-order valence-corrected chi connectivity index (χ2v) is 11.0. The Morgan fingerprint density at radius 3 is 2.29 bits per heavy atom. The van der Waals surface area contributed by atoms with E-state index in [4.69, 9.17) is 18.9 Å². The van der Waals surface area contributed by atoms with Gasteiger partial charge >= 0.3 is 12.1 Å². The minimum Gasteiger partial charge on any atom is -0.493 e. The first kappa shape index (κ1) is 30.9. The van der Waals surface area contributed by atoms with Gasteiger partial charge in [-0.15, -0.1) is 11.3 Å². The number of carbonyl (C=O) groups excluding carboxylic acids is 1. The number of benzene rings is 3. The zero-order valence-corrected chi connectivity index (χ0v) is 24.8. The highest BCUT2D eigenvalue weighted by Gasteiger charge is 2.33. The molecule has 1 unspecified atom stereocenters.